The van der Waals surface area contributed by atoms with Crippen LogP contribution in [-0.4, -0.2) is 15.8 Å². The number of oxazole rings is 1. The van der Waals surface area contributed by atoms with Crippen LogP contribution in [0.15, 0.2) is 57.3 Å². The number of nitrogens with two attached hydrogens (primary N) is 1. The fourth-order valence-corrected chi connectivity index (χ4v) is 2.37. The number of nitrogens with zero attached hydrogens (tertiary/aromatic N) is 2. The van der Waals surface area contributed by atoms with E-state index in [0.717, 1.165) is 11.1 Å². The number of rotatable bonds is 3. The average Bonchev–Trinajstić information content (AvgIpc) is 2.81. The first kappa shape index (κ1) is 11.7. The molecule has 0 unspecified atom stereocenters. The molecule has 0 aliphatic carbocycles. The molecule has 0 aliphatic heterocycles. The van der Waals surface area contributed by atoms with Gasteiger partial charge in [0.1, 0.15) is 16.4 Å². The smallest absolute Gasteiger partial charge is 0.263 e. The van der Waals surface area contributed by atoms with Gasteiger partial charge >= 0.3 is 0 Å². The van der Waals surface area contributed by atoms with E-state index in [9.17, 15) is 0 Å². The topological polar surface area (TPSA) is 88.8 Å². The second-order valence-electron chi connectivity index (χ2n) is 3.85. The van der Waals surface area contributed by atoms with Gasteiger partial charge < -0.3 is 10.2 Å². The summed E-state index contributed by atoms with van der Waals surface area (Å²) < 4.78 is 5.60. The molecule has 0 atom stereocenters. The summed E-state index contributed by atoms with van der Waals surface area (Å²) in [5.41, 5.74) is 7.63. The summed E-state index contributed by atoms with van der Waals surface area (Å²) in [5, 5.41) is 8.62. The van der Waals surface area contributed by atoms with Gasteiger partial charge in [-0.25, -0.2) is 9.97 Å². The zero-order valence-electron chi connectivity index (χ0n) is 9.83. The van der Waals surface area contributed by atoms with Crippen molar-refractivity contribution < 1.29 is 4.42 Å². The van der Waals surface area contributed by atoms with Crippen LogP contribution in [0.2, 0.25) is 0 Å². The summed E-state index contributed by atoms with van der Waals surface area (Å²) in [5.74, 6) is 0.0156. The van der Waals surface area contributed by atoms with E-state index in [-0.39, 0.29) is 5.84 Å². The minimum atomic E-state index is 0.0156. The number of pyridine rings is 1. The Morgan fingerprint density at radius 3 is 2.89 bits per heavy atom. The Hall–Kier alpha value is -2.34. The Morgan fingerprint density at radius 1 is 1.26 bits per heavy atom. The van der Waals surface area contributed by atoms with Crippen molar-refractivity contribution in [2.75, 3.05) is 0 Å². The molecule has 1 aromatic carbocycles. The van der Waals surface area contributed by atoms with Gasteiger partial charge in [0.15, 0.2) is 5.58 Å². The molecule has 5 nitrogen and oxygen atoms in total. The summed E-state index contributed by atoms with van der Waals surface area (Å²) in [4.78, 5) is 8.55. The van der Waals surface area contributed by atoms with Crippen LogP contribution in [0.5, 0.6) is 0 Å². The number of amidine groups is 1. The van der Waals surface area contributed by atoms with Crippen LogP contribution < -0.4 is 5.73 Å². The molecule has 2 heterocycles. The lowest BCUT2D eigenvalue weighted by Crippen LogP contribution is -2.10. The maximum absolute atomic E-state index is 7.40. The molecule has 0 amide bonds. The molecule has 0 aliphatic rings. The second-order valence-corrected chi connectivity index (χ2v) is 4.82. The lowest BCUT2D eigenvalue weighted by molar-refractivity contribution is 0.489. The number of hydrogen-bond donors (Lipinski definition) is 2. The standard InChI is InChI=1S/C13H10N4OS/c14-12(15)8-5-6-16-11(7-8)19-13-17-9-3-1-2-4-10(9)18-13/h1-7H,(H3,14,15). The first-order valence-electron chi connectivity index (χ1n) is 5.56. The molecule has 2 aromatic heterocycles. The van der Waals surface area contributed by atoms with Crippen LogP contribution in [0.4, 0.5) is 0 Å². The van der Waals surface area contributed by atoms with E-state index >= 15 is 0 Å². The monoisotopic (exact) mass is 270 g/mol. The number of para-hydroxylation sites is 2. The Balaban J connectivity index is 1.92. The molecule has 0 bridgehead atoms. The molecule has 19 heavy (non-hydrogen) atoms. The second kappa shape index (κ2) is 4.74. The van der Waals surface area contributed by atoms with E-state index < -0.39 is 0 Å². The van der Waals surface area contributed by atoms with Gasteiger partial charge in [0.2, 0.25) is 0 Å². The molecule has 0 saturated carbocycles. The normalized spacial score (nSPS) is 10.7. The molecule has 3 N–H and O–H groups in total. The lowest BCUT2D eigenvalue weighted by Gasteiger charge is -1.99. The van der Waals surface area contributed by atoms with Crippen molar-refractivity contribution in [2.24, 2.45) is 5.73 Å². The van der Waals surface area contributed by atoms with E-state index in [4.69, 9.17) is 15.6 Å². The highest BCUT2D eigenvalue weighted by atomic mass is 32.2. The molecular formula is C13H10N4OS. The highest BCUT2D eigenvalue weighted by molar-refractivity contribution is 7.99. The molecule has 0 saturated heterocycles. The summed E-state index contributed by atoms with van der Waals surface area (Å²) in [7, 11) is 0. The van der Waals surface area contributed by atoms with E-state index in [1.165, 1.54) is 11.8 Å². The van der Waals surface area contributed by atoms with Gasteiger partial charge in [-0.15, -0.1) is 0 Å². The van der Waals surface area contributed by atoms with Crippen LogP contribution in [-0.2, 0) is 0 Å². The minimum Gasteiger partial charge on any atom is -0.431 e. The Morgan fingerprint density at radius 2 is 2.11 bits per heavy atom. The largest absolute Gasteiger partial charge is 0.431 e. The van der Waals surface area contributed by atoms with E-state index in [1.807, 2.05) is 24.3 Å². The molecule has 0 fully saturated rings. The fraction of sp³-hybridized carbons (Fsp3) is 0. The van der Waals surface area contributed by atoms with Crippen LogP contribution in [0.1, 0.15) is 5.56 Å². The Bertz CT molecular complexity index is 720. The van der Waals surface area contributed by atoms with Crippen LogP contribution in [0, 0.1) is 5.41 Å². The zero-order valence-corrected chi connectivity index (χ0v) is 10.6. The molecule has 0 radical (unpaired) electrons. The van der Waals surface area contributed by atoms with E-state index in [2.05, 4.69) is 9.97 Å². The zero-order chi connectivity index (χ0) is 13.2. The summed E-state index contributed by atoms with van der Waals surface area (Å²) in [6.07, 6.45) is 1.61. The number of fused-ring (bicyclic) bond motifs is 1. The van der Waals surface area contributed by atoms with Crippen LogP contribution in [0.3, 0.4) is 0 Å². The molecular weight excluding hydrogens is 260 g/mol. The Kier molecular flexibility index (Phi) is 2.92. The third kappa shape index (κ3) is 2.43. The average molecular weight is 270 g/mol. The highest BCUT2D eigenvalue weighted by Crippen LogP contribution is 2.28. The number of nitrogen functional groups attached to an aromatic ring is 1. The Labute approximate surface area is 113 Å². The molecule has 3 aromatic rings. The summed E-state index contributed by atoms with van der Waals surface area (Å²) >= 11 is 1.30. The lowest BCUT2D eigenvalue weighted by atomic mass is 10.2. The van der Waals surface area contributed by atoms with Gasteiger partial charge in [0.25, 0.3) is 5.22 Å². The number of benzene rings is 1. The number of hydrogen-bond acceptors (Lipinski definition) is 5. The van der Waals surface area contributed by atoms with Gasteiger partial charge in [0, 0.05) is 11.8 Å². The SMILES string of the molecule is N=C(N)c1ccnc(Sc2nc3ccccc3o2)c1. The van der Waals surface area contributed by atoms with Crippen molar-refractivity contribution >= 4 is 28.7 Å². The maximum atomic E-state index is 7.40. The first-order chi connectivity index (χ1) is 9.22. The van der Waals surface area contributed by atoms with Gasteiger partial charge in [-0.05, 0) is 36.0 Å². The molecule has 6 heteroatoms. The number of nitrogens with one attached hydrogen (secondary N) is 1. The summed E-state index contributed by atoms with van der Waals surface area (Å²) in [6.45, 7) is 0. The van der Waals surface area contributed by atoms with Crippen molar-refractivity contribution in [1.82, 2.24) is 9.97 Å². The summed E-state index contributed by atoms with van der Waals surface area (Å²) in [6, 6.07) is 11.0. The van der Waals surface area contributed by atoms with Gasteiger partial charge in [-0.2, -0.15) is 0 Å². The molecule has 94 valence electrons. The quantitative estimate of drug-likeness (QED) is 0.564. The van der Waals surface area contributed by atoms with Crippen molar-refractivity contribution in [1.29, 1.82) is 5.41 Å². The van der Waals surface area contributed by atoms with Crippen molar-refractivity contribution in [3.05, 3.63) is 48.2 Å². The molecule has 0 spiro atoms. The predicted octanol–water partition coefficient (Wildman–Crippen LogP) is 2.66. The van der Waals surface area contributed by atoms with Crippen LogP contribution >= 0.6 is 11.8 Å². The van der Waals surface area contributed by atoms with Crippen molar-refractivity contribution in [3.63, 3.8) is 0 Å². The molecule has 3 rings (SSSR count). The maximum Gasteiger partial charge on any atom is 0.263 e. The first-order valence-corrected chi connectivity index (χ1v) is 6.38. The highest BCUT2D eigenvalue weighted by Gasteiger charge is 2.08. The van der Waals surface area contributed by atoms with Gasteiger partial charge in [-0.3, -0.25) is 5.41 Å². The third-order valence-electron chi connectivity index (χ3n) is 2.51. The number of aromatic nitrogens is 2. The third-order valence-corrected chi connectivity index (χ3v) is 3.29. The fourth-order valence-electron chi connectivity index (χ4n) is 1.62. The van der Waals surface area contributed by atoms with Crippen LogP contribution in [0.25, 0.3) is 11.1 Å². The van der Waals surface area contributed by atoms with E-state index in [1.54, 1.807) is 18.3 Å². The van der Waals surface area contributed by atoms with Gasteiger partial charge in [0.05, 0.1) is 0 Å². The van der Waals surface area contributed by atoms with Gasteiger partial charge in [-0.1, -0.05) is 12.1 Å². The predicted molar refractivity (Wildman–Crippen MR) is 73.4 cm³/mol. The van der Waals surface area contributed by atoms with E-state index in [0.29, 0.717) is 15.8 Å². The minimum absolute atomic E-state index is 0.0156. The van der Waals surface area contributed by atoms with Crippen molar-refractivity contribution in [2.45, 2.75) is 10.2 Å². The van der Waals surface area contributed by atoms with Crippen molar-refractivity contribution in [3.8, 4) is 0 Å².